The number of fused-ring (bicyclic) bond motifs is 1. The second-order valence-corrected chi connectivity index (χ2v) is 6.03. The van der Waals surface area contributed by atoms with Gasteiger partial charge in [0, 0.05) is 8.95 Å². The second-order valence-electron chi connectivity index (χ2n) is 4.32. The van der Waals surface area contributed by atoms with E-state index in [1.165, 1.54) is 0 Å². The summed E-state index contributed by atoms with van der Waals surface area (Å²) in [5.74, 6) is 0.483. The number of halogens is 2. The van der Waals surface area contributed by atoms with Gasteiger partial charge in [-0.15, -0.1) is 0 Å². The molecule has 0 aliphatic heterocycles. The van der Waals surface area contributed by atoms with Crippen LogP contribution in [0.4, 0.5) is 5.95 Å². The molecular formula is C14H11Br2N3. The van der Waals surface area contributed by atoms with E-state index in [2.05, 4.69) is 36.8 Å². The molecule has 0 fully saturated rings. The summed E-state index contributed by atoms with van der Waals surface area (Å²) in [6.07, 6.45) is 0. The van der Waals surface area contributed by atoms with E-state index in [9.17, 15) is 0 Å². The number of nitrogens with two attached hydrogens (primary N) is 1. The fourth-order valence-electron chi connectivity index (χ4n) is 2.19. The van der Waals surface area contributed by atoms with E-state index in [0.29, 0.717) is 5.95 Å². The van der Waals surface area contributed by atoms with Crippen LogP contribution in [-0.2, 0) is 0 Å². The molecule has 0 radical (unpaired) electrons. The predicted octanol–water partition coefficient (Wildman–Crippen LogP) is 4.44. The third-order valence-electron chi connectivity index (χ3n) is 3.07. The van der Waals surface area contributed by atoms with Crippen LogP contribution in [0.25, 0.3) is 16.7 Å². The van der Waals surface area contributed by atoms with Gasteiger partial charge < -0.3 is 5.73 Å². The van der Waals surface area contributed by atoms with Gasteiger partial charge in [-0.05, 0) is 62.5 Å². The minimum absolute atomic E-state index is 0.483. The normalized spacial score (nSPS) is 11.1. The Morgan fingerprint density at radius 3 is 2.37 bits per heavy atom. The Morgan fingerprint density at radius 2 is 1.68 bits per heavy atom. The largest absolute Gasteiger partial charge is 0.369 e. The summed E-state index contributed by atoms with van der Waals surface area (Å²) in [5.41, 5.74) is 10.1. The number of para-hydroxylation sites is 2. The lowest BCUT2D eigenvalue weighted by atomic mass is 10.2. The molecule has 1 aromatic heterocycles. The van der Waals surface area contributed by atoms with Crippen molar-refractivity contribution in [2.45, 2.75) is 6.92 Å². The van der Waals surface area contributed by atoms with Crippen molar-refractivity contribution in [3.8, 4) is 5.69 Å². The molecule has 0 aliphatic carbocycles. The van der Waals surface area contributed by atoms with Crippen LogP contribution >= 0.6 is 31.9 Å². The van der Waals surface area contributed by atoms with Gasteiger partial charge in [0.2, 0.25) is 5.95 Å². The number of nitrogen functional groups attached to an aromatic ring is 1. The Labute approximate surface area is 127 Å². The van der Waals surface area contributed by atoms with E-state index in [4.69, 9.17) is 5.73 Å². The number of hydrogen-bond acceptors (Lipinski definition) is 2. The minimum Gasteiger partial charge on any atom is -0.369 e. The Hall–Kier alpha value is -1.33. The van der Waals surface area contributed by atoms with Crippen LogP contribution in [0.2, 0.25) is 0 Å². The first kappa shape index (κ1) is 12.7. The van der Waals surface area contributed by atoms with Crippen LogP contribution in [-0.4, -0.2) is 9.55 Å². The number of anilines is 1. The fraction of sp³-hybridized carbons (Fsp3) is 0.0714. The first-order valence-corrected chi connectivity index (χ1v) is 7.36. The van der Waals surface area contributed by atoms with Crippen molar-refractivity contribution in [1.82, 2.24) is 9.55 Å². The Bertz CT molecular complexity index is 757. The molecule has 19 heavy (non-hydrogen) atoms. The lowest BCUT2D eigenvalue weighted by molar-refractivity contribution is 1.09. The first-order valence-electron chi connectivity index (χ1n) is 5.77. The monoisotopic (exact) mass is 379 g/mol. The first-order chi connectivity index (χ1) is 9.09. The lowest BCUT2D eigenvalue weighted by Crippen LogP contribution is -2.02. The second kappa shape index (κ2) is 4.65. The van der Waals surface area contributed by atoms with E-state index in [1.807, 2.05) is 47.9 Å². The van der Waals surface area contributed by atoms with Crippen LogP contribution in [0.1, 0.15) is 5.56 Å². The maximum atomic E-state index is 6.10. The summed E-state index contributed by atoms with van der Waals surface area (Å²) in [6, 6.07) is 12.0. The van der Waals surface area contributed by atoms with Crippen LogP contribution in [0.5, 0.6) is 0 Å². The zero-order chi connectivity index (χ0) is 13.6. The van der Waals surface area contributed by atoms with E-state index in [0.717, 1.165) is 31.2 Å². The van der Waals surface area contributed by atoms with E-state index < -0.39 is 0 Å². The number of nitrogens with zero attached hydrogens (tertiary/aromatic N) is 2. The van der Waals surface area contributed by atoms with Crippen molar-refractivity contribution in [3.63, 3.8) is 0 Å². The molecule has 2 N–H and O–H groups in total. The van der Waals surface area contributed by atoms with Gasteiger partial charge in [0.1, 0.15) is 0 Å². The summed E-state index contributed by atoms with van der Waals surface area (Å²) in [6.45, 7) is 2.04. The van der Waals surface area contributed by atoms with Crippen molar-refractivity contribution >= 4 is 48.8 Å². The van der Waals surface area contributed by atoms with Gasteiger partial charge in [-0.1, -0.05) is 18.2 Å². The number of aryl methyl sites for hydroxylation is 1. The average Bonchev–Trinajstić information content (AvgIpc) is 2.68. The van der Waals surface area contributed by atoms with Crippen molar-refractivity contribution in [2.24, 2.45) is 0 Å². The van der Waals surface area contributed by atoms with Gasteiger partial charge in [-0.25, -0.2) is 4.98 Å². The zero-order valence-electron chi connectivity index (χ0n) is 10.2. The van der Waals surface area contributed by atoms with Crippen molar-refractivity contribution in [3.05, 3.63) is 50.9 Å². The van der Waals surface area contributed by atoms with Crippen LogP contribution in [0.15, 0.2) is 45.3 Å². The molecule has 3 nitrogen and oxygen atoms in total. The van der Waals surface area contributed by atoms with Crippen LogP contribution < -0.4 is 5.73 Å². The zero-order valence-corrected chi connectivity index (χ0v) is 13.4. The SMILES string of the molecule is Cc1cccc2c1nc(N)n2-c1c(Br)cccc1Br. The van der Waals surface area contributed by atoms with Crippen molar-refractivity contribution < 1.29 is 0 Å². The highest BCUT2D eigenvalue weighted by molar-refractivity contribution is 9.11. The molecule has 0 aliphatic rings. The molecular weight excluding hydrogens is 370 g/mol. The average molecular weight is 381 g/mol. The van der Waals surface area contributed by atoms with E-state index in [-0.39, 0.29) is 0 Å². The molecule has 1 heterocycles. The Kier molecular flexibility index (Phi) is 3.11. The fourth-order valence-corrected chi connectivity index (χ4v) is 3.55. The number of benzene rings is 2. The summed E-state index contributed by atoms with van der Waals surface area (Å²) >= 11 is 7.15. The Balaban J connectivity index is 2.44. The molecule has 0 spiro atoms. The minimum atomic E-state index is 0.483. The number of rotatable bonds is 1. The summed E-state index contributed by atoms with van der Waals surface area (Å²) < 4.78 is 3.89. The molecule has 0 amide bonds. The molecule has 96 valence electrons. The summed E-state index contributed by atoms with van der Waals surface area (Å²) in [5, 5.41) is 0. The maximum Gasteiger partial charge on any atom is 0.206 e. The van der Waals surface area contributed by atoms with Crippen LogP contribution in [0.3, 0.4) is 0 Å². The molecule has 0 bridgehead atoms. The summed E-state index contributed by atoms with van der Waals surface area (Å²) in [7, 11) is 0. The molecule has 5 heteroatoms. The molecule has 0 atom stereocenters. The topological polar surface area (TPSA) is 43.8 Å². The lowest BCUT2D eigenvalue weighted by Gasteiger charge is -2.11. The third kappa shape index (κ3) is 1.97. The van der Waals surface area contributed by atoms with Gasteiger partial charge in [0.25, 0.3) is 0 Å². The molecule has 0 unspecified atom stereocenters. The van der Waals surface area contributed by atoms with Gasteiger partial charge >= 0.3 is 0 Å². The number of imidazole rings is 1. The number of hydrogen-bond donors (Lipinski definition) is 1. The van der Waals surface area contributed by atoms with Crippen LogP contribution in [0, 0.1) is 6.92 Å². The predicted molar refractivity (Wildman–Crippen MR) is 85.6 cm³/mol. The number of aromatic nitrogens is 2. The quantitative estimate of drug-likeness (QED) is 0.678. The molecule has 0 saturated heterocycles. The molecule has 3 aromatic rings. The smallest absolute Gasteiger partial charge is 0.206 e. The van der Waals surface area contributed by atoms with Gasteiger partial charge in [0.05, 0.1) is 16.7 Å². The standard InChI is InChI=1S/C14H11Br2N3/c1-8-4-2-7-11-12(8)18-14(17)19(11)13-9(15)5-3-6-10(13)16/h2-7H,1H3,(H2,17,18). The molecule has 3 rings (SSSR count). The van der Waals surface area contributed by atoms with Crippen molar-refractivity contribution in [2.75, 3.05) is 5.73 Å². The summed E-state index contributed by atoms with van der Waals surface area (Å²) in [4.78, 5) is 4.47. The van der Waals surface area contributed by atoms with Crippen molar-refractivity contribution in [1.29, 1.82) is 0 Å². The maximum absolute atomic E-state index is 6.10. The van der Waals surface area contributed by atoms with E-state index >= 15 is 0 Å². The van der Waals surface area contributed by atoms with E-state index in [1.54, 1.807) is 0 Å². The highest BCUT2D eigenvalue weighted by Crippen LogP contribution is 2.34. The highest BCUT2D eigenvalue weighted by atomic mass is 79.9. The highest BCUT2D eigenvalue weighted by Gasteiger charge is 2.15. The van der Waals surface area contributed by atoms with Gasteiger partial charge in [-0.2, -0.15) is 0 Å². The molecule has 2 aromatic carbocycles. The molecule has 0 saturated carbocycles. The van der Waals surface area contributed by atoms with Gasteiger partial charge in [-0.3, -0.25) is 4.57 Å². The Morgan fingerprint density at radius 1 is 1.05 bits per heavy atom. The third-order valence-corrected chi connectivity index (χ3v) is 4.35. The van der Waals surface area contributed by atoms with Gasteiger partial charge in [0.15, 0.2) is 0 Å².